The molecule has 0 spiro atoms. The van der Waals surface area contributed by atoms with E-state index in [0.29, 0.717) is 19.6 Å². The predicted molar refractivity (Wildman–Crippen MR) is 67.6 cm³/mol. The van der Waals surface area contributed by atoms with Crippen molar-refractivity contribution in [3.63, 3.8) is 0 Å². The van der Waals surface area contributed by atoms with Crippen LogP contribution in [-0.2, 0) is 10.0 Å². The van der Waals surface area contributed by atoms with E-state index in [0.717, 1.165) is 12.1 Å². The van der Waals surface area contributed by atoms with Gasteiger partial charge >= 0.3 is 0 Å². The van der Waals surface area contributed by atoms with E-state index in [9.17, 15) is 12.8 Å². The number of halogens is 2. The van der Waals surface area contributed by atoms with Crippen LogP contribution in [0.1, 0.15) is 6.92 Å². The number of hydrogen-bond acceptors (Lipinski definition) is 3. The van der Waals surface area contributed by atoms with Crippen molar-refractivity contribution >= 4 is 21.6 Å². The molecule has 1 atom stereocenters. The molecule has 4 nitrogen and oxygen atoms in total. The van der Waals surface area contributed by atoms with Gasteiger partial charge in [0.1, 0.15) is 10.7 Å². The molecule has 0 aliphatic carbocycles. The normalized spacial score (nSPS) is 22.1. The van der Waals surface area contributed by atoms with Crippen molar-refractivity contribution in [2.45, 2.75) is 17.9 Å². The lowest BCUT2D eigenvalue weighted by atomic mass is 10.3. The molecular formula is C11H14ClFN2O2S. The standard InChI is InChI=1S/C11H14ClFN2O2S/c1-8-7-14-4-5-15(8)18(16,17)11-3-2-9(13)6-10(11)12/h2-3,6,8,14H,4-5,7H2,1H3/t8-/m1/s1. The summed E-state index contributed by atoms with van der Waals surface area (Å²) < 4.78 is 39.2. The van der Waals surface area contributed by atoms with E-state index in [-0.39, 0.29) is 16.0 Å². The summed E-state index contributed by atoms with van der Waals surface area (Å²) in [6.45, 7) is 3.40. The second kappa shape index (κ2) is 5.13. The third-order valence-electron chi connectivity index (χ3n) is 2.92. The molecule has 7 heteroatoms. The molecule has 100 valence electrons. The van der Waals surface area contributed by atoms with Crippen molar-refractivity contribution < 1.29 is 12.8 Å². The average molecular weight is 293 g/mol. The Kier molecular flexibility index (Phi) is 3.91. The van der Waals surface area contributed by atoms with Gasteiger partial charge in [-0.05, 0) is 25.1 Å². The molecule has 0 amide bonds. The molecule has 0 bridgehead atoms. The number of rotatable bonds is 2. The van der Waals surface area contributed by atoms with E-state index >= 15 is 0 Å². The summed E-state index contributed by atoms with van der Waals surface area (Å²) in [5, 5.41) is 3.03. The maximum Gasteiger partial charge on any atom is 0.244 e. The van der Waals surface area contributed by atoms with Crippen molar-refractivity contribution in [2.24, 2.45) is 0 Å². The van der Waals surface area contributed by atoms with Crippen molar-refractivity contribution in [1.82, 2.24) is 9.62 Å². The third kappa shape index (κ3) is 2.51. The lowest BCUT2D eigenvalue weighted by Gasteiger charge is -2.33. The Morgan fingerprint density at radius 1 is 1.50 bits per heavy atom. The van der Waals surface area contributed by atoms with Crippen LogP contribution in [0.5, 0.6) is 0 Å². The zero-order valence-electron chi connectivity index (χ0n) is 9.86. The van der Waals surface area contributed by atoms with Gasteiger partial charge in [0, 0.05) is 25.7 Å². The minimum absolute atomic E-state index is 0.0423. The number of piperazine rings is 1. The fraction of sp³-hybridized carbons (Fsp3) is 0.455. The van der Waals surface area contributed by atoms with Gasteiger partial charge in [-0.3, -0.25) is 0 Å². The molecule has 0 aromatic heterocycles. The highest BCUT2D eigenvalue weighted by Crippen LogP contribution is 2.26. The maximum absolute atomic E-state index is 13.0. The summed E-state index contributed by atoms with van der Waals surface area (Å²) in [5.74, 6) is -0.549. The molecule has 1 aliphatic rings. The first-order valence-electron chi connectivity index (χ1n) is 5.60. The van der Waals surface area contributed by atoms with Crippen molar-refractivity contribution in [3.05, 3.63) is 29.0 Å². The summed E-state index contributed by atoms with van der Waals surface area (Å²) in [6.07, 6.45) is 0. The van der Waals surface area contributed by atoms with Gasteiger partial charge in [0.25, 0.3) is 0 Å². The predicted octanol–water partition coefficient (Wildman–Crippen LogP) is 1.46. The number of nitrogens with zero attached hydrogens (tertiary/aromatic N) is 1. The Balaban J connectivity index is 2.41. The van der Waals surface area contributed by atoms with E-state index in [4.69, 9.17) is 11.6 Å². The number of benzene rings is 1. The van der Waals surface area contributed by atoms with Crippen LogP contribution in [0.3, 0.4) is 0 Å². The van der Waals surface area contributed by atoms with Crippen molar-refractivity contribution in [1.29, 1.82) is 0 Å². The molecule has 0 radical (unpaired) electrons. The zero-order chi connectivity index (χ0) is 13.3. The highest BCUT2D eigenvalue weighted by Gasteiger charge is 2.32. The maximum atomic E-state index is 13.0. The Hall–Kier alpha value is -0.690. The fourth-order valence-corrected chi connectivity index (χ4v) is 4.13. The lowest BCUT2D eigenvalue weighted by Crippen LogP contribution is -2.52. The molecule has 0 unspecified atom stereocenters. The van der Waals surface area contributed by atoms with Crippen molar-refractivity contribution in [3.8, 4) is 0 Å². The minimum Gasteiger partial charge on any atom is -0.314 e. The van der Waals surface area contributed by atoms with Gasteiger partial charge in [0.15, 0.2) is 0 Å². The molecule has 1 aliphatic heterocycles. The monoisotopic (exact) mass is 292 g/mol. The molecule has 1 aromatic carbocycles. The highest BCUT2D eigenvalue weighted by molar-refractivity contribution is 7.89. The van der Waals surface area contributed by atoms with Crippen LogP contribution in [0, 0.1) is 5.82 Å². The molecular weight excluding hydrogens is 279 g/mol. The molecule has 0 saturated carbocycles. The Bertz CT molecular complexity index is 550. The molecule has 18 heavy (non-hydrogen) atoms. The summed E-state index contributed by atoms with van der Waals surface area (Å²) >= 11 is 5.82. The Labute approximate surface area is 111 Å². The van der Waals surface area contributed by atoms with E-state index in [1.807, 2.05) is 6.92 Å². The third-order valence-corrected chi connectivity index (χ3v) is 5.42. The smallest absolute Gasteiger partial charge is 0.244 e. The lowest BCUT2D eigenvalue weighted by molar-refractivity contribution is 0.284. The van der Waals surface area contributed by atoms with Crippen LogP contribution in [0.4, 0.5) is 4.39 Å². The Morgan fingerprint density at radius 3 is 2.83 bits per heavy atom. The van der Waals surface area contributed by atoms with Crippen LogP contribution < -0.4 is 5.32 Å². The molecule has 2 rings (SSSR count). The van der Waals surface area contributed by atoms with Gasteiger partial charge in [-0.25, -0.2) is 12.8 Å². The highest BCUT2D eigenvalue weighted by atomic mass is 35.5. The quantitative estimate of drug-likeness (QED) is 0.898. The molecule has 1 saturated heterocycles. The van der Waals surface area contributed by atoms with Crippen LogP contribution in [0.15, 0.2) is 23.1 Å². The van der Waals surface area contributed by atoms with Gasteiger partial charge in [-0.1, -0.05) is 11.6 Å². The first-order valence-corrected chi connectivity index (χ1v) is 7.42. The van der Waals surface area contributed by atoms with E-state index in [2.05, 4.69) is 5.32 Å². The van der Waals surface area contributed by atoms with Crippen molar-refractivity contribution in [2.75, 3.05) is 19.6 Å². The summed E-state index contributed by atoms with van der Waals surface area (Å²) in [7, 11) is -3.66. The molecule has 1 aromatic rings. The largest absolute Gasteiger partial charge is 0.314 e. The Morgan fingerprint density at radius 2 is 2.22 bits per heavy atom. The van der Waals surface area contributed by atoms with E-state index in [1.54, 1.807) is 0 Å². The zero-order valence-corrected chi connectivity index (χ0v) is 11.4. The summed E-state index contributed by atoms with van der Waals surface area (Å²) in [4.78, 5) is -0.0423. The van der Waals surface area contributed by atoms with Gasteiger partial charge in [0.2, 0.25) is 10.0 Å². The van der Waals surface area contributed by atoms with Crippen LogP contribution in [-0.4, -0.2) is 38.4 Å². The average Bonchev–Trinajstić information content (AvgIpc) is 2.28. The first-order chi connectivity index (χ1) is 8.43. The van der Waals surface area contributed by atoms with Gasteiger partial charge in [-0.2, -0.15) is 4.31 Å². The first kappa shape index (κ1) is 13.7. The molecule has 1 N–H and O–H groups in total. The van der Waals surface area contributed by atoms with E-state index in [1.165, 1.54) is 10.4 Å². The van der Waals surface area contributed by atoms with Crippen LogP contribution >= 0.6 is 11.6 Å². The topological polar surface area (TPSA) is 49.4 Å². The fourth-order valence-electron chi connectivity index (χ4n) is 1.99. The second-order valence-corrected chi connectivity index (χ2v) is 6.51. The van der Waals surface area contributed by atoms with Crippen LogP contribution in [0.2, 0.25) is 5.02 Å². The van der Waals surface area contributed by atoms with Gasteiger partial charge in [0.05, 0.1) is 5.02 Å². The van der Waals surface area contributed by atoms with Crippen LogP contribution in [0.25, 0.3) is 0 Å². The van der Waals surface area contributed by atoms with Gasteiger partial charge < -0.3 is 5.32 Å². The van der Waals surface area contributed by atoms with E-state index < -0.39 is 15.8 Å². The number of sulfonamides is 1. The number of nitrogens with one attached hydrogen (secondary N) is 1. The summed E-state index contributed by atoms with van der Waals surface area (Å²) in [6, 6.07) is 3.18. The summed E-state index contributed by atoms with van der Waals surface area (Å²) in [5.41, 5.74) is 0. The van der Waals surface area contributed by atoms with Gasteiger partial charge in [-0.15, -0.1) is 0 Å². The minimum atomic E-state index is -3.66. The second-order valence-electron chi connectivity index (χ2n) is 4.24. The SMILES string of the molecule is C[C@@H]1CNCCN1S(=O)(=O)c1ccc(F)cc1Cl. The number of hydrogen-bond donors (Lipinski definition) is 1. The molecule has 1 fully saturated rings. The molecule has 1 heterocycles.